The Morgan fingerprint density at radius 3 is 2.73 bits per heavy atom. The Morgan fingerprint density at radius 2 is 2.07 bits per heavy atom. The second kappa shape index (κ2) is 5.28. The van der Waals surface area contributed by atoms with Gasteiger partial charge in [-0.05, 0) is 0 Å². The van der Waals surface area contributed by atoms with Crippen LogP contribution in [0.3, 0.4) is 0 Å². The van der Waals surface area contributed by atoms with Crippen molar-refractivity contribution in [3.63, 3.8) is 0 Å². The number of rotatable bonds is 2. The van der Waals surface area contributed by atoms with E-state index < -0.39 is 0 Å². The fourth-order valence-corrected chi connectivity index (χ4v) is 3.41. The van der Waals surface area contributed by atoms with Crippen LogP contribution >= 0.6 is 22.6 Å². The van der Waals surface area contributed by atoms with Crippen molar-refractivity contribution in [3.8, 4) is 0 Å². The van der Waals surface area contributed by atoms with E-state index in [1.807, 2.05) is 0 Å². The quantitative estimate of drug-likeness (QED) is 0.435. The van der Waals surface area contributed by atoms with E-state index in [0.717, 1.165) is 19.5 Å². The summed E-state index contributed by atoms with van der Waals surface area (Å²) in [6.45, 7) is 2.14. The van der Waals surface area contributed by atoms with Gasteiger partial charge in [-0.15, -0.1) is 0 Å². The second-order valence-electron chi connectivity index (χ2n) is 3.49. The normalized spacial score (nSPS) is 15.4. The molecular formula is C12H12INSe. The van der Waals surface area contributed by atoms with Gasteiger partial charge < -0.3 is 0 Å². The van der Waals surface area contributed by atoms with Crippen molar-refractivity contribution in [2.75, 3.05) is 13.1 Å². The molecule has 0 atom stereocenters. The zero-order valence-electron chi connectivity index (χ0n) is 8.32. The third-order valence-corrected chi connectivity index (χ3v) is 4.39. The summed E-state index contributed by atoms with van der Waals surface area (Å²) < 4.78 is 2.57. The predicted molar refractivity (Wildman–Crippen MR) is 74.4 cm³/mol. The third-order valence-electron chi connectivity index (χ3n) is 2.45. The maximum absolute atomic E-state index is 3.21. The van der Waals surface area contributed by atoms with Gasteiger partial charge in [0.1, 0.15) is 0 Å². The van der Waals surface area contributed by atoms with Crippen molar-refractivity contribution in [2.45, 2.75) is 6.42 Å². The topological polar surface area (TPSA) is 3.24 Å². The molecule has 0 aliphatic carbocycles. The molecular weight excluding hydrogens is 364 g/mol. The first-order chi connectivity index (χ1) is 7.29. The van der Waals surface area contributed by atoms with Crippen LogP contribution in [0.5, 0.6) is 0 Å². The Bertz CT molecular complexity index is 400. The standard InChI is InChI=1S/C12H12INSe/c13-11-7-3-2-6-10(11)12(15)14-8-4-1-5-9-14/h1-4,6-7H,5,8-9H2. The number of benzene rings is 1. The molecule has 0 spiro atoms. The Hall–Kier alpha value is -0.121. The predicted octanol–water partition coefficient (Wildman–Crippen LogP) is 2.20. The van der Waals surface area contributed by atoms with Crippen molar-refractivity contribution in [2.24, 2.45) is 0 Å². The van der Waals surface area contributed by atoms with Crippen molar-refractivity contribution >= 4 is 42.7 Å². The Balaban J connectivity index is 2.20. The van der Waals surface area contributed by atoms with Crippen LogP contribution < -0.4 is 0 Å². The van der Waals surface area contributed by atoms with Gasteiger partial charge >= 0.3 is 113 Å². The van der Waals surface area contributed by atoms with E-state index in [4.69, 9.17) is 0 Å². The van der Waals surface area contributed by atoms with Gasteiger partial charge in [0.2, 0.25) is 0 Å². The summed E-state index contributed by atoms with van der Waals surface area (Å²) in [5, 5.41) is 0. The fraction of sp³-hybridized carbons (Fsp3) is 0.250. The van der Waals surface area contributed by atoms with Gasteiger partial charge in [-0.3, -0.25) is 0 Å². The van der Waals surface area contributed by atoms with Crippen LogP contribution in [-0.4, -0.2) is 38.1 Å². The average Bonchev–Trinajstić information content (AvgIpc) is 2.30. The van der Waals surface area contributed by atoms with E-state index in [2.05, 4.69) is 79.5 Å². The summed E-state index contributed by atoms with van der Waals surface area (Å²) in [5.74, 6) is 0. The van der Waals surface area contributed by atoms with E-state index in [9.17, 15) is 0 Å². The molecule has 2 rings (SSSR count). The third kappa shape index (κ3) is 2.71. The van der Waals surface area contributed by atoms with Crippen LogP contribution in [0, 0.1) is 3.57 Å². The molecule has 1 heterocycles. The molecule has 1 aromatic rings. The monoisotopic (exact) mass is 377 g/mol. The molecule has 0 N–H and O–H groups in total. The van der Waals surface area contributed by atoms with E-state index >= 15 is 0 Å². The first-order valence-corrected chi connectivity index (χ1v) is 6.91. The van der Waals surface area contributed by atoms with Gasteiger partial charge in [0.15, 0.2) is 0 Å². The summed E-state index contributed by atoms with van der Waals surface area (Å²) in [6, 6.07) is 8.49. The number of halogens is 1. The molecule has 0 amide bonds. The number of hydrogen-bond donors (Lipinski definition) is 0. The van der Waals surface area contributed by atoms with Crippen LogP contribution in [0.1, 0.15) is 12.0 Å². The summed E-state index contributed by atoms with van der Waals surface area (Å²) in [5.41, 5.74) is 1.31. The van der Waals surface area contributed by atoms with Crippen molar-refractivity contribution in [3.05, 3.63) is 45.6 Å². The van der Waals surface area contributed by atoms with Crippen molar-refractivity contribution in [1.82, 2.24) is 4.90 Å². The molecule has 0 radical (unpaired) electrons. The minimum absolute atomic E-state index is 1.02. The molecule has 1 aliphatic heterocycles. The van der Waals surface area contributed by atoms with Gasteiger partial charge in [0, 0.05) is 0 Å². The van der Waals surface area contributed by atoms with Gasteiger partial charge in [-0.1, -0.05) is 0 Å². The Labute approximate surface area is 112 Å². The first-order valence-electron chi connectivity index (χ1n) is 4.98. The molecule has 0 fully saturated rings. The molecule has 78 valence electrons. The van der Waals surface area contributed by atoms with E-state index in [0.29, 0.717) is 0 Å². The number of nitrogens with zero attached hydrogens (tertiary/aromatic N) is 1. The van der Waals surface area contributed by atoms with E-state index in [1.165, 1.54) is 13.7 Å². The molecule has 0 saturated carbocycles. The summed E-state index contributed by atoms with van der Waals surface area (Å²) in [6.07, 6.45) is 5.63. The van der Waals surface area contributed by atoms with Crippen LogP contribution in [0.25, 0.3) is 0 Å². The minimum atomic E-state index is 1.02. The Kier molecular flexibility index (Phi) is 4.00. The molecule has 0 unspecified atom stereocenters. The number of hydrogen-bond acceptors (Lipinski definition) is 1. The van der Waals surface area contributed by atoms with Gasteiger partial charge in [-0.25, -0.2) is 0 Å². The van der Waals surface area contributed by atoms with Gasteiger partial charge in [0.25, 0.3) is 0 Å². The molecule has 1 nitrogen and oxygen atoms in total. The van der Waals surface area contributed by atoms with E-state index in [-0.39, 0.29) is 0 Å². The Morgan fingerprint density at radius 1 is 1.27 bits per heavy atom. The SMILES string of the molecule is [Se]=C(c1ccccc1I)N1CC=CCC1. The van der Waals surface area contributed by atoms with Gasteiger partial charge in [-0.2, -0.15) is 0 Å². The summed E-state index contributed by atoms with van der Waals surface area (Å²) in [7, 11) is 0. The van der Waals surface area contributed by atoms with Crippen LogP contribution in [0.2, 0.25) is 0 Å². The molecule has 15 heavy (non-hydrogen) atoms. The zero-order valence-corrected chi connectivity index (χ0v) is 12.2. The zero-order chi connectivity index (χ0) is 10.7. The van der Waals surface area contributed by atoms with Crippen LogP contribution in [0.4, 0.5) is 0 Å². The maximum atomic E-state index is 3.21. The molecule has 0 bridgehead atoms. The molecule has 1 aromatic carbocycles. The van der Waals surface area contributed by atoms with Crippen molar-refractivity contribution < 1.29 is 0 Å². The molecule has 0 aromatic heterocycles. The second-order valence-corrected chi connectivity index (χ2v) is 5.46. The molecule has 0 saturated heterocycles. The van der Waals surface area contributed by atoms with Crippen LogP contribution in [-0.2, 0) is 0 Å². The summed E-state index contributed by atoms with van der Waals surface area (Å²) >= 11 is 5.59. The van der Waals surface area contributed by atoms with Crippen LogP contribution in [0.15, 0.2) is 36.4 Å². The first kappa shape index (κ1) is 11.4. The molecule has 3 heteroatoms. The van der Waals surface area contributed by atoms with E-state index in [1.54, 1.807) is 0 Å². The van der Waals surface area contributed by atoms with Gasteiger partial charge in [0.05, 0.1) is 0 Å². The average molecular weight is 376 g/mol. The fourth-order valence-electron chi connectivity index (χ4n) is 1.63. The summed E-state index contributed by atoms with van der Waals surface area (Å²) in [4.78, 5) is 2.39. The van der Waals surface area contributed by atoms with Crippen molar-refractivity contribution in [1.29, 1.82) is 0 Å². The molecule has 1 aliphatic rings.